The number of aromatic nitrogens is 2. The number of nitrogens with zero attached hydrogens (tertiary/aromatic N) is 2. The van der Waals surface area contributed by atoms with Crippen molar-refractivity contribution in [3.63, 3.8) is 0 Å². The average molecular weight is 237 g/mol. The summed E-state index contributed by atoms with van der Waals surface area (Å²) in [5.41, 5.74) is 5.21. The van der Waals surface area contributed by atoms with E-state index in [0.29, 0.717) is 5.82 Å². The number of rotatable bonds is 7. The molecule has 1 unspecified atom stereocenters. The third kappa shape index (κ3) is 4.59. The fourth-order valence-electron chi connectivity index (χ4n) is 1.94. The summed E-state index contributed by atoms with van der Waals surface area (Å²) in [7, 11) is 0. The minimum atomic E-state index is -0.244. The second kappa shape index (κ2) is 7.09. The predicted molar refractivity (Wildman–Crippen MR) is 71.0 cm³/mol. The standard InChI is InChI=1S/C13H23N3O/c1-3-4-5-6-7-8-11(2)16-10-9-12(14)15-13(16)17/h9-11H,3-8H2,1-2H3,(H2,14,15,17). The van der Waals surface area contributed by atoms with Crippen LogP contribution in [0.3, 0.4) is 0 Å². The van der Waals surface area contributed by atoms with E-state index in [1.165, 1.54) is 25.7 Å². The Kier molecular flexibility index (Phi) is 5.73. The second-order valence-corrected chi connectivity index (χ2v) is 4.59. The molecule has 0 saturated carbocycles. The molecule has 1 aromatic heterocycles. The van der Waals surface area contributed by atoms with Gasteiger partial charge in [0.25, 0.3) is 0 Å². The van der Waals surface area contributed by atoms with Crippen LogP contribution in [0.1, 0.15) is 58.4 Å². The first-order valence-electron chi connectivity index (χ1n) is 6.49. The van der Waals surface area contributed by atoms with Gasteiger partial charge in [0.2, 0.25) is 0 Å². The number of nitrogens with two attached hydrogens (primary N) is 1. The first kappa shape index (κ1) is 13.7. The Bertz CT molecular complexity index is 386. The quantitative estimate of drug-likeness (QED) is 0.742. The van der Waals surface area contributed by atoms with Gasteiger partial charge in [0.05, 0.1) is 0 Å². The summed E-state index contributed by atoms with van der Waals surface area (Å²) in [5, 5.41) is 0. The molecule has 0 saturated heterocycles. The molecule has 2 N–H and O–H groups in total. The zero-order valence-corrected chi connectivity index (χ0v) is 10.9. The third-order valence-electron chi connectivity index (χ3n) is 3.05. The molecule has 96 valence electrons. The van der Waals surface area contributed by atoms with Crippen LogP contribution in [-0.4, -0.2) is 9.55 Å². The summed E-state index contributed by atoms with van der Waals surface area (Å²) in [4.78, 5) is 15.3. The molecule has 1 heterocycles. The van der Waals surface area contributed by atoms with Crippen molar-refractivity contribution in [3.8, 4) is 0 Å². The van der Waals surface area contributed by atoms with E-state index in [-0.39, 0.29) is 11.7 Å². The number of unbranched alkanes of at least 4 members (excludes halogenated alkanes) is 4. The van der Waals surface area contributed by atoms with Crippen molar-refractivity contribution in [1.82, 2.24) is 9.55 Å². The lowest BCUT2D eigenvalue weighted by molar-refractivity contribution is 0.453. The van der Waals surface area contributed by atoms with E-state index >= 15 is 0 Å². The monoisotopic (exact) mass is 237 g/mol. The van der Waals surface area contributed by atoms with E-state index in [1.54, 1.807) is 16.8 Å². The maximum atomic E-state index is 11.6. The van der Waals surface area contributed by atoms with Gasteiger partial charge in [-0.1, -0.05) is 39.0 Å². The smallest absolute Gasteiger partial charge is 0.349 e. The molecule has 0 aliphatic carbocycles. The van der Waals surface area contributed by atoms with Gasteiger partial charge in [0.15, 0.2) is 0 Å². The molecule has 0 aromatic carbocycles. The lowest BCUT2D eigenvalue weighted by Crippen LogP contribution is -2.25. The molecule has 1 atom stereocenters. The first-order chi connectivity index (χ1) is 8.15. The van der Waals surface area contributed by atoms with Gasteiger partial charge in [-0.15, -0.1) is 0 Å². The van der Waals surface area contributed by atoms with Crippen molar-refractivity contribution in [3.05, 3.63) is 22.7 Å². The topological polar surface area (TPSA) is 60.9 Å². The van der Waals surface area contributed by atoms with Crippen LogP contribution >= 0.6 is 0 Å². The van der Waals surface area contributed by atoms with E-state index in [4.69, 9.17) is 5.73 Å². The maximum Gasteiger partial charge on any atom is 0.349 e. The molecule has 0 radical (unpaired) electrons. The number of nitrogen functional groups attached to an aromatic ring is 1. The summed E-state index contributed by atoms with van der Waals surface area (Å²) in [6.45, 7) is 4.27. The van der Waals surface area contributed by atoms with Crippen molar-refractivity contribution in [2.75, 3.05) is 5.73 Å². The van der Waals surface area contributed by atoms with Gasteiger partial charge < -0.3 is 5.73 Å². The number of anilines is 1. The van der Waals surface area contributed by atoms with Crippen LogP contribution in [0.15, 0.2) is 17.1 Å². The van der Waals surface area contributed by atoms with Gasteiger partial charge in [0.1, 0.15) is 5.82 Å². The molecule has 0 bridgehead atoms. The normalized spacial score (nSPS) is 12.6. The molecule has 1 aromatic rings. The molecule has 0 amide bonds. The van der Waals surface area contributed by atoms with Crippen molar-refractivity contribution in [2.45, 2.75) is 58.4 Å². The average Bonchev–Trinajstić information content (AvgIpc) is 2.28. The van der Waals surface area contributed by atoms with Gasteiger partial charge in [0, 0.05) is 12.2 Å². The summed E-state index contributed by atoms with van der Waals surface area (Å²) >= 11 is 0. The Hall–Kier alpha value is -1.32. The molecule has 1 rings (SSSR count). The van der Waals surface area contributed by atoms with Gasteiger partial charge in [-0.05, 0) is 19.4 Å². The molecule has 4 heteroatoms. The van der Waals surface area contributed by atoms with Crippen LogP contribution in [0.25, 0.3) is 0 Å². The Labute approximate surface area is 103 Å². The molecule has 17 heavy (non-hydrogen) atoms. The predicted octanol–water partition coefficient (Wildman–Crippen LogP) is 2.75. The fraction of sp³-hybridized carbons (Fsp3) is 0.692. The van der Waals surface area contributed by atoms with Crippen molar-refractivity contribution in [2.24, 2.45) is 0 Å². The second-order valence-electron chi connectivity index (χ2n) is 4.59. The van der Waals surface area contributed by atoms with Gasteiger partial charge >= 0.3 is 5.69 Å². The van der Waals surface area contributed by atoms with E-state index in [9.17, 15) is 4.79 Å². The highest BCUT2D eigenvalue weighted by molar-refractivity contribution is 5.23. The van der Waals surface area contributed by atoms with Crippen molar-refractivity contribution < 1.29 is 0 Å². The summed E-state index contributed by atoms with van der Waals surface area (Å²) in [6, 6.07) is 1.88. The first-order valence-corrected chi connectivity index (χ1v) is 6.49. The molecule has 0 fully saturated rings. The van der Waals surface area contributed by atoms with Crippen LogP contribution in [0.4, 0.5) is 5.82 Å². The van der Waals surface area contributed by atoms with Crippen LogP contribution in [0.5, 0.6) is 0 Å². The Morgan fingerprint density at radius 1 is 1.35 bits per heavy atom. The summed E-state index contributed by atoms with van der Waals surface area (Å²) in [5.74, 6) is 0.293. The van der Waals surface area contributed by atoms with E-state index in [1.807, 2.05) is 0 Å². The lowest BCUT2D eigenvalue weighted by atomic mass is 10.1. The fourth-order valence-corrected chi connectivity index (χ4v) is 1.94. The minimum absolute atomic E-state index is 0.206. The van der Waals surface area contributed by atoms with E-state index in [2.05, 4.69) is 18.8 Å². The number of hydrogen-bond donors (Lipinski definition) is 1. The largest absolute Gasteiger partial charge is 0.383 e. The molecule has 0 aliphatic heterocycles. The number of hydrogen-bond acceptors (Lipinski definition) is 3. The van der Waals surface area contributed by atoms with E-state index < -0.39 is 0 Å². The highest BCUT2D eigenvalue weighted by Gasteiger charge is 2.06. The lowest BCUT2D eigenvalue weighted by Gasteiger charge is -2.14. The Balaban J connectivity index is 2.41. The maximum absolute atomic E-state index is 11.6. The zero-order valence-electron chi connectivity index (χ0n) is 10.9. The SMILES string of the molecule is CCCCCCCC(C)n1ccc(N)nc1=O. The molecular formula is C13H23N3O. The van der Waals surface area contributed by atoms with Crippen LogP contribution < -0.4 is 11.4 Å². The summed E-state index contributed by atoms with van der Waals surface area (Å²) < 4.78 is 1.66. The van der Waals surface area contributed by atoms with Crippen LogP contribution in [0, 0.1) is 0 Å². The molecule has 4 nitrogen and oxygen atoms in total. The van der Waals surface area contributed by atoms with Crippen molar-refractivity contribution in [1.29, 1.82) is 0 Å². The van der Waals surface area contributed by atoms with Crippen molar-refractivity contribution >= 4 is 5.82 Å². The minimum Gasteiger partial charge on any atom is -0.383 e. The molecular weight excluding hydrogens is 214 g/mol. The summed E-state index contributed by atoms with van der Waals surface area (Å²) in [6.07, 6.45) is 9.02. The highest BCUT2D eigenvalue weighted by atomic mass is 16.1. The highest BCUT2D eigenvalue weighted by Crippen LogP contribution is 2.14. The van der Waals surface area contributed by atoms with Gasteiger partial charge in [-0.3, -0.25) is 4.57 Å². The van der Waals surface area contributed by atoms with E-state index in [0.717, 1.165) is 12.8 Å². The Morgan fingerprint density at radius 3 is 2.71 bits per heavy atom. The molecule has 0 spiro atoms. The Morgan fingerprint density at radius 2 is 2.06 bits per heavy atom. The van der Waals surface area contributed by atoms with Crippen LogP contribution in [-0.2, 0) is 0 Å². The van der Waals surface area contributed by atoms with Crippen LogP contribution in [0.2, 0.25) is 0 Å². The van der Waals surface area contributed by atoms with Gasteiger partial charge in [-0.25, -0.2) is 4.79 Å². The zero-order chi connectivity index (χ0) is 12.7. The van der Waals surface area contributed by atoms with Gasteiger partial charge in [-0.2, -0.15) is 4.98 Å². The molecule has 0 aliphatic rings. The third-order valence-corrected chi connectivity index (χ3v) is 3.05.